The molecule has 0 spiro atoms. The van der Waals surface area contributed by atoms with Gasteiger partial charge in [0, 0.05) is 28.6 Å². The Morgan fingerprint density at radius 1 is 1.53 bits per heavy atom. The molecule has 90 valence electrons. The summed E-state index contributed by atoms with van der Waals surface area (Å²) >= 11 is 2.25. The summed E-state index contributed by atoms with van der Waals surface area (Å²) in [5.74, 6) is 0. The van der Waals surface area contributed by atoms with Crippen molar-refractivity contribution >= 4 is 34.0 Å². The van der Waals surface area contributed by atoms with Crippen molar-refractivity contribution in [2.75, 3.05) is 11.1 Å². The fourth-order valence-electron chi connectivity index (χ4n) is 1.69. The standard InChI is InChI=1S/C12H15IN4/c1-9(7-17-5-4-15-8-17)16-12-3-2-10(13)6-11(12)14/h2-6,8-9,16H,7,14H2,1H3. The van der Waals surface area contributed by atoms with Crippen LogP contribution in [0, 0.1) is 3.57 Å². The minimum atomic E-state index is 0.298. The van der Waals surface area contributed by atoms with E-state index in [0.717, 1.165) is 21.5 Å². The Kier molecular flexibility index (Phi) is 3.88. The fraction of sp³-hybridized carbons (Fsp3) is 0.250. The van der Waals surface area contributed by atoms with Gasteiger partial charge in [-0.05, 0) is 47.7 Å². The van der Waals surface area contributed by atoms with E-state index in [1.54, 1.807) is 6.20 Å². The summed E-state index contributed by atoms with van der Waals surface area (Å²) in [7, 11) is 0. The number of nitrogens with two attached hydrogens (primary N) is 1. The molecule has 1 unspecified atom stereocenters. The minimum Gasteiger partial charge on any atom is -0.397 e. The maximum atomic E-state index is 5.96. The number of nitrogen functional groups attached to an aromatic ring is 1. The van der Waals surface area contributed by atoms with E-state index in [-0.39, 0.29) is 0 Å². The van der Waals surface area contributed by atoms with Crippen LogP contribution >= 0.6 is 22.6 Å². The summed E-state index contributed by atoms with van der Waals surface area (Å²) in [6.45, 7) is 2.99. The third kappa shape index (κ3) is 3.36. The first-order valence-electron chi connectivity index (χ1n) is 5.42. The molecule has 1 aromatic carbocycles. The Morgan fingerprint density at radius 3 is 3.00 bits per heavy atom. The van der Waals surface area contributed by atoms with E-state index in [9.17, 15) is 0 Å². The van der Waals surface area contributed by atoms with E-state index in [4.69, 9.17) is 5.73 Å². The second-order valence-corrected chi connectivity index (χ2v) is 5.28. The molecule has 0 radical (unpaired) electrons. The van der Waals surface area contributed by atoms with Gasteiger partial charge in [0.2, 0.25) is 0 Å². The molecule has 2 aromatic rings. The average molecular weight is 342 g/mol. The molecule has 2 rings (SSSR count). The molecule has 1 atom stereocenters. The zero-order valence-electron chi connectivity index (χ0n) is 9.60. The molecule has 0 bridgehead atoms. The van der Waals surface area contributed by atoms with Gasteiger partial charge in [0.25, 0.3) is 0 Å². The van der Waals surface area contributed by atoms with Crippen molar-refractivity contribution in [1.82, 2.24) is 9.55 Å². The highest BCUT2D eigenvalue weighted by Crippen LogP contribution is 2.21. The van der Waals surface area contributed by atoms with Gasteiger partial charge in [-0.2, -0.15) is 0 Å². The fourth-order valence-corrected chi connectivity index (χ4v) is 2.20. The summed E-state index contributed by atoms with van der Waals surface area (Å²) < 4.78 is 3.19. The first kappa shape index (κ1) is 12.2. The second kappa shape index (κ2) is 5.39. The number of hydrogen-bond donors (Lipinski definition) is 2. The number of halogens is 1. The van der Waals surface area contributed by atoms with Crippen LogP contribution in [-0.4, -0.2) is 15.6 Å². The van der Waals surface area contributed by atoms with E-state index < -0.39 is 0 Å². The Balaban J connectivity index is 2.00. The van der Waals surface area contributed by atoms with Crippen LogP contribution in [0.1, 0.15) is 6.92 Å². The first-order chi connectivity index (χ1) is 8.15. The largest absolute Gasteiger partial charge is 0.397 e. The Labute approximate surface area is 114 Å². The Morgan fingerprint density at radius 2 is 2.35 bits per heavy atom. The smallest absolute Gasteiger partial charge is 0.0946 e. The van der Waals surface area contributed by atoms with Crippen molar-refractivity contribution in [3.63, 3.8) is 0 Å². The summed E-state index contributed by atoms with van der Waals surface area (Å²) in [4.78, 5) is 4.02. The van der Waals surface area contributed by atoms with E-state index in [1.165, 1.54) is 0 Å². The molecule has 4 nitrogen and oxygen atoms in total. The second-order valence-electron chi connectivity index (χ2n) is 4.04. The van der Waals surface area contributed by atoms with Crippen LogP contribution in [0.15, 0.2) is 36.9 Å². The van der Waals surface area contributed by atoms with E-state index >= 15 is 0 Å². The van der Waals surface area contributed by atoms with Crippen molar-refractivity contribution in [2.24, 2.45) is 0 Å². The van der Waals surface area contributed by atoms with Gasteiger partial charge in [-0.25, -0.2) is 4.98 Å². The van der Waals surface area contributed by atoms with Crippen LogP contribution in [0.2, 0.25) is 0 Å². The number of nitrogens with zero attached hydrogens (tertiary/aromatic N) is 2. The van der Waals surface area contributed by atoms with Gasteiger partial charge in [-0.15, -0.1) is 0 Å². The SMILES string of the molecule is CC(Cn1ccnc1)Nc1ccc(I)cc1N. The number of hydrogen-bond acceptors (Lipinski definition) is 3. The van der Waals surface area contributed by atoms with Crippen molar-refractivity contribution in [1.29, 1.82) is 0 Å². The third-order valence-corrected chi connectivity index (χ3v) is 3.13. The van der Waals surface area contributed by atoms with Gasteiger partial charge in [0.05, 0.1) is 17.7 Å². The van der Waals surface area contributed by atoms with Crippen molar-refractivity contribution in [2.45, 2.75) is 19.5 Å². The molecule has 1 aromatic heterocycles. The van der Waals surface area contributed by atoms with Crippen LogP contribution in [0.4, 0.5) is 11.4 Å². The number of nitrogens with one attached hydrogen (secondary N) is 1. The van der Waals surface area contributed by atoms with Gasteiger partial charge >= 0.3 is 0 Å². The molecule has 0 aliphatic carbocycles. The minimum absolute atomic E-state index is 0.298. The molecule has 0 aliphatic rings. The summed E-state index contributed by atoms with van der Waals surface area (Å²) in [6.07, 6.45) is 5.55. The molecule has 0 fully saturated rings. The van der Waals surface area contributed by atoms with E-state index in [0.29, 0.717) is 6.04 Å². The van der Waals surface area contributed by atoms with Gasteiger partial charge in [-0.1, -0.05) is 0 Å². The van der Waals surface area contributed by atoms with E-state index in [2.05, 4.69) is 39.8 Å². The Hall–Kier alpha value is -1.24. The molecular formula is C12H15IN4. The van der Waals surface area contributed by atoms with Crippen LogP contribution in [-0.2, 0) is 6.54 Å². The summed E-state index contributed by atoms with van der Waals surface area (Å²) in [6, 6.07) is 6.32. The third-order valence-electron chi connectivity index (χ3n) is 2.46. The lowest BCUT2D eigenvalue weighted by Gasteiger charge is -2.17. The van der Waals surface area contributed by atoms with Crippen LogP contribution < -0.4 is 11.1 Å². The van der Waals surface area contributed by atoms with Crippen molar-refractivity contribution in [3.8, 4) is 0 Å². The lowest BCUT2D eigenvalue weighted by molar-refractivity contribution is 0.619. The van der Waals surface area contributed by atoms with Crippen molar-refractivity contribution in [3.05, 3.63) is 40.5 Å². The van der Waals surface area contributed by atoms with Gasteiger partial charge < -0.3 is 15.6 Å². The number of rotatable bonds is 4. The number of imidazole rings is 1. The molecule has 0 amide bonds. The molecule has 0 aliphatic heterocycles. The molecule has 3 N–H and O–H groups in total. The number of anilines is 2. The predicted octanol–water partition coefficient (Wildman–Crippen LogP) is 2.57. The summed E-state index contributed by atoms with van der Waals surface area (Å²) in [5.41, 5.74) is 7.73. The lowest BCUT2D eigenvalue weighted by Crippen LogP contribution is -2.21. The highest BCUT2D eigenvalue weighted by atomic mass is 127. The predicted molar refractivity (Wildman–Crippen MR) is 78.9 cm³/mol. The Bertz CT molecular complexity index is 481. The highest BCUT2D eigenvalue weighted by Gasteiger charge is 2.05. The first-order valence-corrected chi connectivity index (χ1v) is 6.50. The lowest BCUT2D eigenvalue weighted by atomic mass is 10.2. The van der Waals surface area contributed by atoms with E-state index in [1.807, 2.05) is 35.3 Å². The normalized spacial score (nSPS) is 12.4. The highest BCUT2D eigenvalue weighted by molar-refractivity contribution is 14.1. The van der Waals surface area contributed by atoms with Gasteiger partial charge in [0.15, 0.2) is 0 Å². The quantitative estimate of drug-likeness (QED) is 0.663. The molecular weight excluding hydrogens is 327 g/mol. The molecule has 0 saturated carbocycles. The summed E-state index contributed by atoms with van der Waals surface area (Å²) in [5, 5.41) is 3.40. The monoisotopic (exact) mass is 342 g/mol. The van der Waals surface area contributed by atoms with Crippen LogP contribution in [0.3, 0.4) is 0 Å². The average Bonchev–Trinajstić information content (AvgIpc) is 2.75. The van der Waals surface area contributed by atoms with Crippen LogP contribution in [0.25, 0.3) is 0 Å². The molecule has 0 saturated heterocycles. The van der Waals surface area contributed by atoms with Crippen molar-refractivity contribution < 1.29 is 0 Å². The molecule has 5 heteroatoms. The maximum absolute atomic E-state index is 5.96. The van der Waals surface area contributed by atoms with Gasteiger partial charge in [-0.3, -0.25) is 0 Å². The maximum Gasteiger partial charge on any atom is 0.0946 e. The zero-order valence-corrected chi connectivity index (χ0v) is 11.8. The van der Waals surface area contributed by atoms with Crippen LogP contribution in [0.5, 0.6) is 0 Å². The molecule has 1 heterocycles. The molecule has 17 heavy (non-hydrogen) atoms. The number of benzene rings is 1. The topological polar surface area (TPSA) is 55.9 Å². The zero-order chi connectivity index (χ0) is 12.3. The van der Waals surface area contributed by atoms with Gasteiger partial charge in [0.1, 0.15) is 0 Å². The number of aromatic nitrogens is 2.